The molecular weight excluding hydrogens is 698 g/mol. The maximum absolute atomic E-state index is 14.0. The molecule has 0 spiro atoms. The topological polar surface area (TPSA) is 178 Å². The fraction of sp³-hybridized carbons (Fsp3) is 0.200. The Labute approximate surface area is 278 Å². The Hall–Kier alpha value is -4.65. The van der Waals surface area contributed by atoms with E-state index in [0.717, 1.165) is 39.8 Å². The minimum Gasteiger partial charge on any atom is -0.504 e. The first-order valence-corrected chi connectivity index (χ1v) is 17.1. The molecule has 1 fully saturated rings. The van der Waals surface area contributed by atoms with E-state index in [1.807, 2.05) is 0 Å². The summed E-state index contributed by atoms with van der Waals surface area (Å²) in [6, 6.07) is 13.1. The number of ether oxygens (including phenoxy) is 1. The van der Waals surface area contributed by atoms with E-state index in [1.54, 1.807) is 0 Å². The lowest BCUT2D eigenvalue weighted by Gasteiger charge is -2.31. The van der Waals surface area contributed by atoms with Crippen molar-refractivity contribution in [3.8, 4) is 11.5 Å². The van der Waals surface area contributed by atoms with Crippen LogP contribution >= 0.6 is 23.1 Å². The third-order valence-corrected chi connectivity index (χ3v) is 11.3. The van der Waals surface area contributed by atoms with Gasteiger partial charge in [-0.15, -0.1) is 0 Å². The molecule has 4 aromatic rings. The zero-order chi connectivity index (χ0) is 34.7. The van der Waals surface area contributed by atoms with Gasteiger partial charge in [0.2, 0.25) is 27.7 Å². The lowest BCUT2D eigenvalue weighted by Crippen LogP contribution is -2.33. The Morgan fingerprint density at radius 2 is 1.75 bits per heavy atom. The van der Waals surface area contributed by atoms with E-state index in [1.165, 1.54) is 55.6 Å². The van der Waals surface area contributed by atoms with Crippen LogP contribution in [0.2, 0.25) is 0 Å². The number of aromatic nitrogens is 1. The summed E-state index contributed by atoms with van der Waals surface area (Å²) >= 11 is 1.59. The van der Waals surface area contributed by atoms with Crippen molar-refractivity contribution in [2.75, 3.05) is 17.3 Å². The molecule has 0 saturated carbocycles. The van der Waals surface area contributed by atoms with Crippen molar-refractivity contribution in [3.63, 3.8) is 0 Å². The maximum atomic E-state index is 14.0. The minimum atomic E-state index is -4.74. The number of fused-ring (bicyclic) bond motifs is 2. The molecule has 18 heteroatoms. The Bertz CT molecular complexity index is 2150. The van der Waals surface area contributed by atoms with Gasteiger partial charge in [0.05, 0.1) is 34.2 Å². The van der Waals surface area contributed by atoms with Gasteiger partial charge in [0.15, 0.2) is 11.5 Å². The summed E-state index contributed by atoms with van der Waals surface area (Å²) in [6.45, 7) is -0.531. The summed E-state index contributed by atoms with van der Waals surface area (Å²) in [5.41, 5.74) is -0.743. The summed E-state index contributed by atoms with van der Waals surface area (Å²) in [5.74, 6) is -4.60. The molecule has 250 valence electrons. The second-order valence-electron chi connectivity index (χ2n) is 10.8. The number of carbonyl (C=O) groups excluding carboxylic acids is 3. The van der Waals surface area contributed by atoms with E-state index in [2.05, 4.69) is 5.32 Å². The molecule has 3 amide bonds. The molecule has 6 rings (SSSR count). The Morgan fingerprint density at radius 3 is 2.40 bits per heavy atom. The van der Waals surface area contributed by atoms with Crippen molar-refractivity contribution in [1.29, 1.82) is 0 Å². The highest BCUT2D eigenvalue weighted by molar-refractivity contribution is 8.00. The molecule has 2 aliphatic heterocycles. The summed E-state index contributed by atoms with van der Waals surface area (Å²) in [7, 11) is -2.67. The molecule has 3 aromatic carbocycles. The molecule has 1 saturated heterocycles. The second-order valence-corrected chi connectivity index (χ2v) is 14.5. The molecule has 0 radical (unpaired) electrons. The summed E-state index contributed by atoms with van der Waals surface area (Å²) in [5, 5.41) is 16.9. The second kappa shape index (κ2) is 12.1. The first-order valence-electron chi connectivity index (χ1n) is 13.8. The van der Waals surface area contributed by atoms with Gasteiger partial charge in [0, 0.05) is 16.5 Å². The number of anilines is 2. The van der Waals surface area contributed by atoms with Crippen LogP contribution in [0.4, 0.5) is 24.5 Å². The highest BCUT2D eigenvalue weighted by Gasteiger charge is 2.57. The van der Waals surface area contributed by atoms with E-state index < -0.39 is 68.0 Å². The minimum absolute atomic E-state index is 0.0370. The number of alkyl halides is 3. The van der Waals surface area contributed by atoms with Gasteiger partial charge in [0.1, 0.15) is 11.8 Å². The first-order chi connectivity index (χ1) is 22.6. The summed E-state index contributed by atoms with van der Waals surface area (Å²) in [4.78, 5) is 54.6. The molecule has 12 nitrogen and oxygen atoms in total. The number of hydrogen-bond acceptors (Lipinski definition) is 10. The number of nitrogens with zero attached hydrogens (tertiary/aromatic N) is 2. The molecule has 0 unspecified atom stereocenters. The van der Waals surface area contributed by atoms with E-state index in [0.29, 0.717) is 21.4 Å². The third-order valence-electron chi connectivity index (χ3n) is 7.81. The number of hydrogen-bond donors (Lipinski definition) is 3. The number of thiazole rings is 1. The van der Waals surface area contributed by atoms with Crippen LogP contribution in [0, 0.1) is 5.92 Å². The van der Waals surface area contributed by atoms with Crippen molar-refractivity contribution in [2.24, 2.45) is 11.1 Å². The van der Waals surface area contributed by atoms with Gasteiger partial charge in [0.25, 0.3) is 0 Å². The van der Waals surface area contributed by atoms with Gasteiger partial charge < -0.3 is 15.2 Å². The average molecular weight is 721 g/mol. The molecule has 3 heterocycles. The number of sulfonamides is 1. The molecular formula is C30H23F3N4O8S3. The number of methoxy groups -OCH3 is 1. The number of halogens is 3. The number of phenolic OH excluding ortho intramolecular Hbond substituents is 1. The number of imide groups is 1. The number of aromatic hydroxyl groups is 1. The Kier molecular flexibility index (Phi) is 8.39. The number of amides is 3. The van der Waals surface area contributed by atoms with Crippen LogP contribution in [0.5, 0.6) is 11.5 Å². The van der Waals surface area contributed by atoms with E-state index in [9.17, 15) is 45.9 Å². The van der Waals surface area contributed by atoms with Crippen LogP contribution < -0.4 is 25.0 Å². The van der Waals surface area contributed by atoms with Crippen LogP contribution in [0.15, 0.2) is 81.4 Å². The quantitative estimate of drug-likeness (QED) is 0.240. The van der Waals surface area contributed by atoms with Crippen molar-refractivity contribution in [1.82, 2.24) is 4.57 Å². The predicted octanol–water partition coefficient (Wildman–Crippen LogP) is 3.72. The van der Waals surface area contributed by atoms with Crippen molar-refractivity contribution in [2.45, 2.75) is 33.8 Å². The number of primary sulfonamides is 1. The van der Waals surface area contributed by atoms with Crippen LogP contribution in [-0.2, 0) is 37.1 Å². The lowest BCUT2D eigenvalue weighted by atomic mass is 9.83. The molecule has 48 heavy (non-hydrogen) atoms. The van der Waals surface area contributed by atoms with Crippen molar-refractivity contribution >= 4 is 62.2 Å². The molecule has 1 aromatic heterocycles. The Balaban J connectivity index is 1.40. The highest BCUT2D eigenvalue weighted by Crippen LogP contribution is 2.54. The molecule has 2 aliphatic rings. The summed E-state index contributed by atoms with van der Waals surface area (Å²) in [6.07, 6.45) is -4.74. The van der Waals surface area contributed by atoms with Gasteiger partial charge in [-0.3, -0.25) is 23.7 Å². The van der Waals surface area contributed by atoms with E-state index in [-0.39, 0.29) is 32.8 Å². The van der Waals surface area contributed by atoms with Crippen LogP contribution in [0.1, 0.15) is 21.9 Å². The van der Waals surface area contributed by atoms with E-state index in [4.69, 9.17) is 9.88 Å². The molecule has 4 N–H and O–H groups in total. The normalized spacial score (nSPS) is 19.2. The number of carbonyl (C=O) groups is 3. The number of nitrogens with two attached hydrogens (primary N) is 1. The van der Waals surface area contributed by atoms with Gasteiger partial charge in [-0.05, 0) is 60.2 Å². The van der Waals surface area contributed by atoms with Crippen molar-refractivity contribution < 1.29 is 45.8 Å². The number of phenols is 1. The number of rotatable bonds is 7. The SMILES string of the molecule is COc1cc([C@@H]2c3sc(=O)n(CC(=O)Nc4ccc(S(N)(=O)=O)cc4)c3S[C@@H]3C(=O)N(c4cccc(C(F)(F)F)c4)C(=O)[C@H]23)ccc1O. The highest BCUT2D eigenvalue weighted by atomic mass is 32.2. The first kappa shape index (κ1) is 33.3. The third kappa shape index (κ3) is 5.95. The van der Waals surface area contributed by atoms with Gasteiger partial charge in [-0.2, -0.15) is 13.2 Å². The van der Waals surface area contributed by atoms with Gasteiger partial charge >= 0.3 is 11.0 Å². The van der Waals surface area contributed by atoms with Crippen LogP contribution in [-0.4, -0.2) is 48.2 Å². The number of benzene rings is 3. The van der Waals surface area contributed by atoms with Gasteiger partial charge in [-0.25, -0.2) is 18.5 Å². The Morgan fingerprint density at radius 1 is 1.04 bits per heavy atom. The fourth-order valence-electron chi connectivity index (χ4n) is 5.65. The van der Waals surface area contributed by atoms with Gasteiger partial charge in [-0.1, -0.05) is 35.2 Å². The van der Waals surface area contributed by atoms with Crippen LogP contribution in [0.25, 0.3) is 0 Å². The fourth-order valence-corrected chi connectivity index (χ4v) is 8.94. The van der Waals surface area contributed by atoms with Crippen LogP contribution in [0.3, 0.4) is 0 Å². The number of thioether (sulfide) groups is 1. The smallest absolute Gasteiger partial charge is 0.416 e. The zero-order valence-electron chi connectivity index (χ0n) is 24.4. The molecule has 0 bridgehead atoms. The average Bonchev–Trinajstić information content (AvgIpc) is 3.47. The van der Waals surface area contributed by atoms with Crippen molar-refractivity contribution in [3.05, 3.63) is 92.4 Å². The standard InChI is InChI=1S/C30H23F3N4O8S3/c1-45-20-11-14(5-10-19(20)38)22-23-24(27(41)37(26(23)40)17-4-2-3-15(12-17)30(31,32)33)46-28-25(22)47-29(42)36(28)13-21(39)35-16-6-8-18(9-7-16)48(34,43)44/h2-12,22-24,38H,13H2,1H3,(H,35,39)(H2,34,43,44)/t22-,23+,24-/m0/s1. The largest absolute Gasteiger partial charge is 0.504 e. The van der Waals surface area contributed by atoms with E-state index >= 15 is 0 Å². The maximum Gasteiger partial charge on any atom is 0.416 e. The molecule has 3 atom stereocenters. The number of nitrogens with one attached hydrogen (secondary N) is 1. The summed E-state index contributed by atoms with van der Waals surface area (Å²) < 4.78 is 70.1. The lowest BCUT2D eigenvalue weighted by molar-refractivity contribution is -0.137. The molecule has 0 aliphatic carbocycles. The monoisotopic (exact) mass is 720 g/mol. The predicted molar refractivity (Wildman–Crippen MR) is 169 cm³/mol. The zero-order valence-corrected chi connectivity index (χ0v) is 26.9.